The van der Waals surface area contributed by atoms with Gasteiger partial charge in [-0.05, 0) is 19.1 Å². The van der Waals surface area contributed by atoms with Crippen molar-refractivity contribution in [2.45, 2.75) is 13.0 Å². The summed E-state index contributed by atoms with van der Waals surface area (Å²) in [6.07, 6.45) is 0. The normalized spacial score (nSPS) is 11.6. The molecule has 3 aromatic rings. The van der Waals surface area contributed by atoms with Crippen LogP contribution in [0.2, 0.25) is 0 Å². The van der Waals surface area contributed by atoms with Gasteiger partial charge in [0.25, 0.3) is 5.91 Å². The second kappa shape index (κ2) is 9.21. The average Bonchev–Trinajstić information content (AvgIpc) is 3.21. The standard InChI is InChI=1S/C22H23NO7/c1-13(17-9-14-7-5-6-8-16(14)30-17)23-21(24)12-29-22(25)15-10-19(27-3)20(28-4)11-18(15)26-2/h5-11,13H,12H2,1-4H3,(H,23,24)/t13-/m1/s1. The molecule has 3 rings (SSSR count). The fourth-order valence-electron chi connectivity index (χ4n) is 2.97. The maximum Gasteiger partial charge on any atom is 0.342 e. The number of nitrogens with one attached hydrogen (secondary N) is 1. The molecule has 1 amide bonds. The summed E-state index contributed by atoms with van der Waals surface area (Å²) in [5, 5.41) is 3.69. The van der Waals surface area contributed by atoms with E-state index in [1.165, 1.54) is 33.5 Å². The van der Waals surface area contributed by atoms with E-state index in [-0.39, 0.29) is 17.4 Å². The largest absolute Gasteiger partial charge is 0.496 e. The lowest BCUT2D eigenvalue weighted by Crippen LogP contribution is -2.31. The third-order valence-electron chi connectivity index (χ3n) is 4.51. The van der Waals surface area contributed by atoms with Gasteiger partial charge in [-0.15, -0.1) is 0 Å². The first-order valence-electron chi connectivity index (χ1n) is 9.21. The van der Waals surface area contributed by atoms with Gasteiger partial charge in [0.2, 0.25) is 0 Å². The number of rotatable bonds is 8. The zero-order chi connectivity index (χ0) is 21.7. The van der Waals surface area contributed by atoms with Crippen LogP contribution >= 0.6 is 0 Å². The molecule has 0 aliphatic rings. The molecule has 158 valence electrons. The van der Waals surface area contributed by atoms with Gasteiger partial charge in [-0.1, -0.05) is 18.2 Å². The van der Waals surface area contributed by atoms with Crippen molar-refractivity contribution < 1.29 is 33.0 Å². The van der Waals surface area contributed by atoms with Crippen LogP contribution < -0.4 is 19.5 Å². The van der Waals surface area contributed by atoms with Gasteiger partial charge in [0.1, 0.15) is 22.7 Å². The molecule has 0 aliphatic carbocycles. The minimum Gasteiger partial charge on any atom is -0.496 e. The molecule has 8 heteroatoms. The maximum atomic E-state index is 12.5. The van der Waals surface area contributed by atoms with Gasteiger partial charge in [-0.2, -0.15) is 0 Å². The molecule has 8 nitrogen and oxygen atoms in total. The highest BCUT2D eigenvalue weighted by Crippen LogP contribution is 2.35. The number of hydrogen-bond donors (Lipinski definition) is 1. The fourth-order valence-corrected chi connectivity index (χ4v) is 2.97. The maximum absolute atomic E-state index is 12.5. The number of methoxy groups -OCH3 is 3. The highest BCUT2D eigenvalue weighted by molar-refractivity contribution is 5.95. The minimum atomic E-state index is -0.723. The van der Waals surface area contributed by atoms with Crippen LogP contribution in [0.15, 0.2) is 46.9 Å². The van der Waals surface area contributed by atoms with E-state index in [9.17, 15) is 9.59 Å². The number of amides is 1. The summed E-state index contributed by atoms with van der Waals surface area (Å²) >= 11 is 0. The zero-order valence-corrected chi connectivity index (χ0v) is 17.2. The van der Waals surface area contributed by atoms with E-state index in [1.807, 2.05) is 30.3 Å². The highest BCUT2D eigenvalue weighted by Gasteiger charge is 2.21. The molecule has 1 atom stereocenters. The summed E-state index contributed by atoms with van der Waals surface area (Å²) in [4.78, 5) is 24.7. The van der Waals surface area contributed by atoms with E-state index in [1.54, 1.807) is 6.92 Å². The lowest BCUT2D eigenvalue weighted by Gasteiger charge is -2.14. The molecule has 1 N–H and O–H groups in total. The van der Waals surface area contributed by atoms with Gasteiger partial charge in [-0.25, -0.2) is 4.79 Å². The van der Waals surface area contributed by atoms with Crippen LogP contribution in [0.3, 0.4) is 0 Å². The Bertz CT molecular complexity index is 1020. The molecule has 0 spiro atoms. The van der Waals surface area contributed by atoms with Crippen molar-refractivity contribution in [3.63, 3.8) is 0 Å². The van der Waals surface area contributed by atoms with E-state index in [0.29, 0.717) is 17.3 Å². The minimum absolute atomic E-state index is 0.119. The van der Waals surface area contributed by atoms with Crippen LogP contribution in [0.1, 0.15) is 29.1 Å². The van der Waals surface area contributed by atoms with Crippen LogP contribution in [0, 0.1) is 0 Å². The number of benzene rings is 2. The summed E-state index contributed by atoms with van der Waals surface area (Å²) in [7, 11) is 4.34. The first kappa shape index (κ1) is 21.0. The van der Waals surface area contributed by atoms with E-state index < -0.39 is 18.5 Å². The SMILES string of the molecule is COc1cc(OC)c(C(=O)OCC(=O)N[C@H](C)c2cc3ccccc3o2)cc1OC. The van der Waals surface area contributed by atoms with Crippen molar-refractivity contribution in [1.29, 1.82) is 0 Å². The number of esters is 1. The average molecular weight is 413 g/mol. The highest BCUT2D eigenvalue weighted by atomic mass is 16.5. The van der Waals surface area contributed by atoms with Gasteiger partial charge in [-0.3, -0.25) is 4.79 Å². The van der Waals surface area contributed by atoms with E-state index >= 15 is 0 Å². The van der Waals surface area contributed by atoms with Crippen molar-refractivity contribution in [2.24, 2.45) is 0 Å². The van der Waals surface area contributed by atoms with Gasteiger partial charge < -0.3 is 28.7 Å². The van der Waals surface area contributed by atoms with Gasteiger partial charge in [0.05, 0.1) is 27.4 Å². The van der Waals surface area contributed by atoms with Crippen LogP contribution in [0.4, 0.5) is 0 Å². The molecule has 0 fully saturated rings. The topological polar surface area (TPSA) is 96.2 Å². The van der Waals surface area contributed by atoms with Gasteiger partial charge in [0.15, 0.2) is 18.1 Å². The lowest BCUT2D eigenvalue weighted by atomic mass is 10.1. The lowest BCUT2D eigenvalue weighted by molar-refractivity contribution is -0.125. The van der Waals surface area contributed by atoms with Crippen LogP contribution in [-0.4, -0.2) is 39.8 Å². The molecule has 0 saturated carbocycles. The summed E-state index contributed by atoms with van der Waals surface area (Å²) in [6, 6.07) is 12.0. The molecule has 0 bridgehead atoms. The van der Waals surface area contributed by atoms with E-state index in [0.717, 1.165) is 11.0 Å². The summed E-state index contributed by atoms with van der Waals surface area (Å²) in [6.45, 7) is 1.33. The Morgan fingerprint density at radius 1 is 0.967 bits per heavy atom. The Morgan fingerprint density at radius 3 is 2.30 bits per heavy atom. The fraction of sp³-hybridized carbons (Fsp3) is 0.273. The molecular weight excluding hydrogens is 390 g/mol. The molecule has 30 heavy (non-hydrogen) atoms. The predicted molar refractivity (Wildman–Crippen MR) is 109 cm³/mol. The van der Waals surface area contributed by atoms with Crippen molar-refractivity contribution >= 4 is 22.8 Å². The number of para-hydroxylation sites is 1. The summed E-state index contributed by atoms with van der Waals surface area (Å²) in [5.74, 6) is 0.415. The number of furan rings is 1. The summed E-state index contributed by atoms with van der Waals surface area (Å²) in [5.41, 5.74) is 0.855. The molecule has 0 aliphatic heterocycles. The molecular formula is C22H23NO7. The molecule has 1 heterocycles. The smallest absolute Gasteiger partial charge is 0.342 e. The van der Waals surface area contributed by atoms with Gasteiger partial charge in [0, 0.05) is 17.5 Å². The Morgan fingerprint density at radius 2 is 1.63 bits per heavy atom. The van der Waals surface area contributed by atoms with Crippen molar-refractivity contribution in [2.75, 3.05) is 27.9 Å². The number of ether oxygens (including phenoxy) is 4. The number of carbonyl (C=O) groups excluding carboxylic acids is 2. The number of carbonyl (C=O) groups is 2. The molecule has 0 unspecified atom stereocenters. The van der Waals surface area contributed by atoms with Crippen LogP contribution in [0.25, 0.3) is 11.0 Å². The molecule has 0 radical (unpaired) electrons. The van der Waals surface area contributed by atoms with Gasteiger partial charge >= 0.3 is 5.97 Å². The second-order valence-corrected chi connectivity index (χ2v) is 6.46. The van der Waals surface area contributed by atoms with Crippen molar-refractivity contribution in [3.8, 4) is 17.2 Å². The van der Waals surface area contributed by atoms with Crippen LogP contribution in [0.5, 0.6) is 17.2 Å². The quantitative estimate of drug-likeness (QED) is 0.565. The molecule has 2 aromatic carbocycles. The Balaban J connectivity index is 1.63. The first-order valence-corrected chi connectivity index (χ1v) is 9.21. The second-order valence-electron chi connectivity index (χ2n) is 6.46. The number of fused-ring (bicyclic) bond motifs is 1. The third kappa shape index (κ3) is 4.48. The van der Waals surface area contributed by atoms with E-state index in [2.05, 4.69) is 5.32 Å². The zero-order valence-electron chi connectivity index (χ0n) is 17.2. The predicted octanol–water partition coefficient (Wildman–Crippen LogP) is 3.49. The number of hydrogen-bond acceptors (Lipinski definition) is 7. The van der Waals surface area contributed by atoms with Crippen LogP contribution in [-0.2, 0) is 9.53 Å². The Kier molecular flexibility index (Phi) is 6.46. The third-order valence-corrected chi connectivity index (χ3v) is 4.51. The monoisotopic (exact) mass is 413 g/mol. The molecule has 0 saturated heterocycles. The van der Waals surface area contributed by atoms with Crippen molar-refractivity contribution in [3.05, 3.63) is 53.8 Å². The first-order chi connectivity index (χ1) is 14.5. The molecule has 1 aromatic heterocycles. The Labute approximate surface area is 173 Å². The summed E-state index contributed by atoms with van der Waals surface area (Å²) < 4.78 is 26.5. The van der Waals surface area contributed by atoms with E-state index in [4.69, 9.17) is 23.4 Å². The Hall–Kier alpha value is -3.68. The van der Waals surface area contributed by atoms with Crippen molar-refractivity contribution in [1.82, 2.24) is 5.32 Å².